The van der Waals surface area contributed by atoms with Crippen LogP contribution in [0.2, 0.25) is 0 Å². The van der Waals surface area contributed by atoms with Crippen molar-refractivity contribution in [1.29, 1.82) is 0 Å². The Bertz CT molecular complexity index is 606. The summed E-state index contributed by atoms with van der Waals surface area (Å²) in [5.74, 6) is 0.584. The number of nitrogens with zero attached hydrogens (tertiary/aromatic N) is 6. The average Bonchev–Trinajstić information content (AvgIpc) is 3.18. The molecule has 7 nitrogen and oxygen atoms in total. The third-order valence-electron chi connectivity index (χ3n) is 6.42. The van der Waals surface area contributed by atoms with Gasteiger partial charge >= 0.3 is 0 Å². The van der Waals surface area contributed by atoms with E-state index in [9.17, 15) is 4.79 Å². The van der Waals surface area contributed by atoms with Gasteiger partial charge in [-0.05, 0) is 78.0 Å². The molecule has 1 amide bonds. The highest BCUT2D eigenvalue weighted by Gasteiger charge is 2.29. The van der Waals surface area contributed by atoms with E-state index < -0.39 is 0 Å². The lowest BCUT2D eigenvalue weighted by Crippen LogP contribution is -2.49. The Morgan fingerprint density at radius 2 is 1.89 bits per heavy atom. The highest BCUT2D eigenvalue weighted by molar-refractivity contribution is 5.91. The third-order valence-corrected chi connectivity index (χ3v) is 6.42. The molecule has 0 N–H and O–H groups in total. The van der Waals surface area contributed by atoms with Crippen LogP contribution < -0.4 is 0 Å². The largest absolute Gasteiger partial charge is 0.338 e. The lowest BCUT2D eigenvalue weighted by Gasteiger charge is -2.42. The summed E-state index contributed by atoms with van der Waals surface area (Å²) in [6, 6.07) is 0.742. The SMILES string of the molecule is CCCN1CCC(N2CCCC(Cn3cc(C(=O)N(CC)CC)nn3)C2)CC1. The average molecular weight is 391 g/mol. The normalized spacial score (nSPS) is 22.5. The number of aromatic nitrogens is 3. The van der Waals surface area contributed by atoms with Gasteiger partial charge < -0.3 is 9.80 Å². The van der Waals surface area contributed by atoms with Crippen molar-refractivity contribution in [3.8, 4) is 0 Å². The maximum atomic E-state index is 12.4. The first-order valence-corrected chi connectivity index (χ1v) is 11.3. The van der Waals surface area contributed by atoms with Crippen LogP contribution in [0.25, 0.3) is 0 Å². The molecule has 0 radical (unpaired) electrons. The molecule has 3 rings (SSSR count). The summed E-state index contributed by atoms with van der Waals surface area (Å²) >= 11 is 0. The highest BCUT2D eigenvalue weighted by atomic mass is 16.2. The molecule has 2 aliphatic heterocycles. The Balaban J connectivity index is 1.51. The smallest absolute Gasteiger partial charge is 0.276 e. The molecule has 7 heteroatoms. The predicted molar refractivity (Wildman–Crippen MR) is 111 cm³/mol. The third kappa shape index (κ3) is 5.32. The van der Waals surface area contributed by atoms with Gasteiger partial charge in [-0.25, -0.2) is 0 Å². The van der Waals surface area contributed by atoms with E-state index in [1.807, 2.05) is 24.7 Å². The predicted octanol–water partition coefficient (Wildman–Crippen LogP) is 2.35. The minimum absolute atomic E-state index is 0.0136. The molecule has 0 spiro atoms. The molecule has 1 atom stereocenters. The zero-order valence-electron chi connectivity index (χ0n) is 18.0. The van der Waals surface area contributed by atoms with Gasteiger partial charge in [0.25, 0.3) is 5.91 Å². The van der Waals surface area contributed by atoms with E-state index in [2.05, 4.69) is 27.0 Å². The van der Waals surface area contributed by atoms with Crippen LogP contribution in [0.4, 0.5) is 0 Å². The number of carbonyl (C=O) groups is 1. The summed E-state index contributed by atoms with van der Waals surface area (Å²) in [6.45, 7) is 14.7. The fourth-order valence-corrected chi connectivity index (χ4v) is 4.83. The van der Waals surface area contributed by atoms with E-state index in [0.29, 0.717) is 24.7 Å². The van der Waals surface area contributed by atoms with Crippen LogP contribution in [0.15, 0.2) is 6.20 Å². The minimum Gasteiger partial charge on any atom is -0.338 e. The number of hydrogen-bond donors (Lipinski definition) is 0. The summed E-state index contributed by atoms with van der Waals surface area (Å²) in [5.41, 5.74) is 0.472. The summed E-state index contributed by atoms with van der Waals surface area (Å²) in [4.78, 5) is 19.6. The van der Waals surface area contributed by atoms with Crippen molar-refractivity contribution in [2.24, 2.45) is 5.92 Å². The zero-order chi connectivity index (χ0) is 19.9. The summed E-state index contributed by atoms with van der Waals surface area (Å²) in [5, 5.41) is 8.38. The van der Waals surface area contributed by atoms with E-state index in [1.54, 1.807) is 4.90 Å². The molecular weight excluding hydrogens is 352 g/mol. The van der Waals surface area contributed by atoms with E-state index in [0.717, 1.165) is 19.1 Å². The van der Waals surface area contributed by atoms with Crippen LogP contribution >= 0.6 is 0 Å². The highest BCUT2D eigenvalue weighted by Crippen LogP contribution is 2.24. The van der Waals surface area contributed by atoms with Gasteiger partial charge in [0.2, 0.25) is 0 Å². The van der Waals surface area contributed by atoms with Gasteiger partial charge in [-0.2, -0.15) is 0 Å². The maximum absolute atomic E-state index is 12.4. The topological polar surface area (TPSA) is 57.5 Å². The lowest BCUT2D eigenvalue weighted by atomic mass is 9.94. The lowest BCUT2D eigenvalue weighted by molar-refractivity contribution is 0.0664. The maximum Gasteiger partial charge on any atom is 0.276 e. The fraction of sp³-hybridized carbons (Fsp3) is 0.857. The molecule has 1 aromatic rings. The fourth-order valence-electron chi connectivity index (χ4n) is 4.83. The molecule has 158 valence electrons. The zero-order valence-corrected chi connectivity index (χ0v) is 18.0. The van der Waals surface area contributed by atoms with Crippen molar-refractivity contribution in [3.05, 3.63) is 11.9 Å². The van der Waals surface area contributed by atoms with Crippen LogP contribution in [0.1, 0.15) is 63.4 Å². The van der Waals surface area contributed by atoms with Crippen molar-refractivity contribution >= 4 is 5.91 Å². The molecule has 2 fully saturated rings. The van der Waals surface area contributed by atoms with Gasteiger partial charge in [0.15, 0.2) is 5.69 Å². The molecule has 28 heavy (non-hydrogen) atoms. The first-order valence-electron chi connectivity index (χ1n) is 11.3. The number of piperidine rings is 2. The van der Waals surface area contributed by atoms with Crippen LogP contribution in [0.5, 0.6) is 0 Å². The first-order chi connectivity index (χ1) is 13.6. The second-order valence-electron chi connectivity index (χ2n) is 8.38. The van der Waals surface area contributed by atoms with Crippen LogP contribution in [-0.4, -0.2) is 87.5 Å². The summed E-state index contributed by atoms with van der Waals surface area (Å²) in [7, 11) is 0. The van der Waals surface area contributed by atoms with E-state index in [1.165, 1.54) is 58.3 Å². The van der Waals surface area contributed by atoms with Crippen molar-refractivity contribution in [1.82, 2.24) is 29.7 Å². The number of amides is 1. The Labute approximate surface area is 170 Å². The molecule has 0 saturated carbocycles. The van der Waals surface area contributed by atoms with E-state index in [-0.39, 0.29) is 5.91 Å². The second kappa shape index (κ2) is 10.3. The molecule has 2 aliphatic rings. The van der Waals surface area contributed by atoms with Crippen molar-refractivity contribution < 1.29 is 4.79 Å². The minimum atomic E-state index is -0.0136. The molecule has 0 bridgehead atoms. The standard InChI is InChI=1S/C21H38N6O/c1-4-11-24-13-9-19(10-14-24)26-12-7-8-18(15-26)16-27-17-20(22-23-27)21(28)25(5-2)6-3/h17-19H,4-16H2,1-3H3. The summed E-state index contributed by atoms with van der Waals surface area (Å²) < 4.78 is 1.88. The molecule has 0 aliphatic carbocycles. The van der Waals surface area contributed by atoms with Gasteiger partial charge in [0, 0.05) is 32.2 Å². The molecule has 0 aromatic carbocycles. The van der Waals surface area contributed by atoms with Crippen molar-refractivity contribution in [3.63, 3.8) is 0 Å². The number of rotatable bonds is 8. The van der Waals surface area contributed by atoms with E-state index >= 15 is 0 Å². The van der Waals surface area contributed by atoms with Gasteiger partial charge in [-0.3, -0.25) is 14.4 Å². The second-order valence-corrected chi connectivity index (χ2v) is 8.38. The number of hydrogen-bond acceptors (Lipinski definition) is 5. The van der Waals surface area contributed by atoms with Gasteiger partial charge in [0.1, 0.15) is 0 Å². The Kier molecular flexibility index (Phi) is 7.85. The van der Waals surface area contributed by atoms with Crippen molar-refractivity contribution in [2.75, 3.05) is 45.8 Å². The Morgan fingerprint density at radius 3 is 2.57 bits per heavy atom. The molecular formula is C21H38N6O. The molecule has 1 unspecified atom stereocenters. The number of carbonyl (C=O) groups excluding carboxylic acids is 1. The van der Waals surface area contributed by atoms with Gasteiger partial charge in [-0.1, -0.05) is 12.1 Å². The first kappa shape index (κ1) is 21.2. The van der Waals surface area contributed by atoms with Crippen LogP contribution in [0, 0.1) is 5.92 Å². The monoisotopic (exact) mass is 390 g/mol. The number of likely N-dealkylation sites (tertiary alicyclic amines) is 2. The van der Waals surface area contributed by atoms with Crippen LogP contribution in [-0.2, 0) is 6.54 Å². The Morgan fingerprint density at radius 1 is 1.14 bits per heavy atom. The molecule has 3 heterocycles. The van der Waals surface area contributed by atoms with Gasteiger partial charge in [0.05, 0.1) is 6.20 Å². The molecule has 1 aromatic heterocycles. The van der Waals surface area contributed by atoms with Crippen molar-refractivity contribution in [2.45, 2.75) is 65.5 Å². The molecule has 2 saturated heterocycles. The van der Waals surface area contributed by atoms with Crippen LogP contribution in [0.3, 0.4) is 0 Å². The quantitative estimate of drug-likeness (QED) is 0.682. The summed E-state index contributed by atoms with van der Waals surface area (Å²) in [6.07, 6.45) is 8.21. The van der Waals surface area contributed by atoms with E-state index in [4.69, 9.17) is 0 Å². The van der Waals surface area contributed by atoms with Gasteiger partial charge in [-0.15, -0.1) is 5.10 Å². The Hall–Kier alpha value is -1.47.